The number of nitrogens with one attached hydrogen (secondary N) is 2. The largest absolute Gasteiger partial charge is 0.448 e. The molecule has 0 radical (unpaired) electrons. The van der Waals surface area contributed by atoms with Crippen LogP contribution < -0.4 is 10.6 Å². The van der Waals surface area contributed by atoms with Crippen molar-refractivity contribution in [3.8, 4) is 0 Å². The summed E-state index contributed by atoms with van der Waals surface area (Å²) in [7, 11) is -0.991. The van der Waals surface area contributed by atoms with Gasteiger partial charge in [0.2, 0.25) is 5.91 Å². The Kier molecular flexibility index (Phi) is 12.7. The van der Waals surface area contributed by atoms with Crippen LogP contribution in [0.15, 0.2) is 184 Å². The number of amides is 2. The average molecular weight is 856 g/mol. The van der Waals surface area contributed by atoms with Gasteiger partial charge in [0, 0.05) is 33.4 Å². The third kappa shape index (κ3) is 8.33. The molecule has 0 spiro atoms. The monoisotopic (exact) mass is 855 g/mol. The van der Waals surface area contributed by atoms with Gasteiger partial charge in [-0.2, -0.15) is 0 Å². The lowest BCUT2D eigenvalue weighted by Gasteiger charge is -2.49. The second-order valence-electron chi connectivity index (χ2n) is 14.1. The van der Waals surface area contributed by atoms with E-state index >= 15 is 0 Å². The number of fused-ring (bicyclic) bond motifs is 1. The Balaban J connectivity index is 1.02. The molecule has 3 atom stereocenters. The fourth-order valence-electron chi connectivity index (χ4n) is 7.54. The van der Waals surface area contributed by atoms with Crippen molar-refractivity contribution in [2.24, 2.45) is 9.52 Å². The Morgan fingerprint density at radius 1 is 0.850 bits per heavy atom. The van der Waals surface area contributed by atoms with Gasteiger partial charge in [-0.05, 0) is 40.3 Å². The molecule has 2 amide bonds. The molecule has 1 fully saturated rings. The third-order valence-electron chi connectivity index (χ3n) is 10.3. The van der Waals surface area contributed by atoms with Crippen LogP contribution in [-0.2, 0) is 40.2 Å². The number of carbonyl (C=O) groups is 3. The molecule has 0 saturated carbocycles. The number of alkyl halides is 1. The fourth-order valence-corrected chi connectivity index (χ4v) is 10.5. The molecule has 3 aliphatic rings. The van der Waals surface area contributed by atoms with Crippen LogP contribution >= 0.6 is 23.4 Å². The van der Waals surface area contributed by atoms with E-state index in [1.165, 1.54) is 16.7 Å². The summed E-state index contributed by atoms with van der Waals surface area (Å²) in [4.78, 5) is 54.2. The van der Waals surface area contributed by atoms with E-state index in [2.05, 4.69) is 51.6 Å². The number of benzene rings is 5. The van der Waals surface area contributed by atoms with Crippen molar-refractivity contribution >= 4 is 57.0 Å². The van der Waals surface area contributed by atoms with Crippen LogP contribution in [0.2, 0.25) is 0 Å². The van der Waals surface area contributed by atoms with E-state index < -0.39 is 45.6 Å². The Labute approximate surface area is 360 Å². The molecule has 1 saturated heterocycles. The molecule has 0 aliphatic carbocycles. The first kappa shape index (κ1) is 41.0. The maximum atomic E-state index is 14.1. The van der Waals surface area contributed by atoms with Gasteiger partial charge in [-0.1, -0.05) is 156 Å². The molecule has 0 bridgehead atoms. The Hall–Kier alpha value is -5.79. The predicted molar refractivity (Wildman–Crippen MR) is 237 cm³/mol. The van der Waals surface area contributed by atoms with Crippen LogP contribution in [0.25, 0.3) is 0 Å². The molecule has 8 rings (SSSR count). The Morgan fingerprint density at radius 2 is 1.37 bits per heavy atom. The zero-order valence-electron chi connectivity index (χ0n) is 32.6. The molecule has 3 unspecified atom stereocenters. The van der Waals surface area contributed by atoms with Crippen LogP contribution in [0, 0.1) is 0 Å². The first-order valence-corrected chi connectivity index (χ1v) is 22.4. The summed E-state index contributed by atoms with van der Waals surface area (Å²) in [5, 5.41) is 8.21. The lowest BCUT2D eigenvalue weighted by molar-refractivity contribution is -0.154. The molecule has 13 heteroatoms. The summed E-state index contributed by atoms with van der Waals surface area (Å²) in [6, 6.07) is 48.3. The first-order valence-electron chi connectivity index (χ1n) is 19.5. The summed E-state index contributed by atoms with van der Waals surface area (Å²) < 4.78 is 10.7. The summed E-state index contributed by atoms with van der Waals surface area (Å²) in [5.74, 6) is -0.993. The van der Waals surface area contributed by atoms with Crippen molar-refractivity contribution in [3.63, 3.8) is 0 Å². The maximum Gasteiger partial charge on any atom is 0.356 e. The van der Waals surface area contributed by atoms with Crippen LogP contribution in [0.5, 0.6) is 0 Å². The second-order valence-corrected chi connectivity index (χ2v) is 16.9. The molecular formula is C47H42ClN5O5S2. The molecule has 304 valence electrons. The highest BCUT2D eigenvalue weighted by Gasteiger charge is 2.54. The number of amidine groups is 1. The quantitative estimate of drug-likeness (QED) is 0.0381. The number of thioether (sulfide) groups is 1. The highest BCUT2D eigenvalue weighted by molar-refractivity contribution is 8.05. The number of carbonyl (C=O) groups excluding carboxylic acids is 3. The number of nitrogens with zero attached hydrogens (tertiary/aromatic N) is 3. The normalized spacial score (nSPS) is 19.4. The van der Waals surface area contributed by atoms with E-state index in [4.69, 9.17) is 26.2 Å². The molecule has 5 aromatic rings. The van der Waals surface area contributed by atoms with E-state index in [0.29, 0.717) is 28.8 Å². The molecule has 2 N–H and O–H groups in total. The van der Waals surface area contributed by atoms with Gasteiger partial charge in [0.1, 0.15) is 22.7 Å². The van der Waals surface area contributed by atoms with Crippen LogP contribution in [0.4, 0.5) is 0 Å². The lowest BCUT2D eigenvalue weighted by atomic mass is 9.77. The van der Waals surface area contributed by atoms with Gasteiger partial charge in [-0.25, -0.2) is 14.6 Å². The smallest absolute Gasteiger partial charge is 0.356 e. The molecule has 3 aliphatic heterocycles. The van der Waals surface area contributed by atoms with Gasteiger partial charge < -0.3 is 15.4 Å². The number of rotatable bonds is 14. The van der Waals surface area contributed by atoms with E-state index in [-0.39, 0.29) is 23.9 Å². The predicted octanol–water partition coefficient (Wildman–Crippen LogP) is 8.15. The first-order chi connectivity index (χ1) is 29.4. The summed E-state index contributed by atoms with van der Waals surface area (Å²) in [5.41, 5.74) is 4.75. The van der Waals surface area contributed by atoms with Crippen molar-refractivity contribution in [2.75, 3.05) is 18.2 Å². The average Bonchev–Trinajstić information content (AvgIpc) is 3.68. The fraction of sp³-hybridized carbons (Fsp3) is 0.191. The van der Waals surface area contributed by atoms with Crippen LogP contribution in [-0.4, -0.2) is 57.5 Å². The topological polar surface area (TPSA) is 122 Å². The van der Waals surface area contributed by atoms with Crippen molar-refractivity contribution < 1.29 is 24.0 Å². The standard InChI is InChI=1S/C47H42ClN5O5S2/c1-2-57-52-60-31-38(49-46(60)51-47(35-22-12-5-13-23-35,36-24-14-6-15-25-36)37-26-16-7-17-27-37)28-39(54)50-40-43(55)53-41(34(29-48)30-59-44(40)53)45(56)58-42(32-18-8-3-9-19-32)33-20-10-4-11-21-33/h3-27,31,40,42,44H,2,28-30H2,1H3,(H,49,51)(H,50,54). The minimum atomic E-state index is -0.991. The van der Waals surface area contributed by atoms with Crippen molar-refractivity contribution in [2.45, 2.75) is 36.4 Å². The number of esters is 1. The minimum absolute atomic E-state index is 0.0465. The molecule has 60 heavy (non-hydrogen) atoms. The Bertz CT molecular complexity index is 2330. The number of β-lactam (4-membered cyclic amide) rings is 1. The summed E-state index contributed by atoms with van der Waals surface area (Å²) in [6.45, 7) is 2.21. The van der Waals surface area contributed by atoms with Crippen molar-refractivity contribution in [3.05, 3.63) is 202 Å². The zero-order chi connectivity index (χ0) is 41.5. The van der Waals surface area contributed by atoms with Gasteiger partial charge in [0.05, 0.1) is 13.0 Å². The van der Waals surface area contributed by atoms with Gasteiger partial charge in [-0.3, -0.25) is 14.5 Å². The van der Waals surface area contributed by atoms with Gasteiger partial charge in [0.25, 0.3) is 5.91 Å². The van der Waals surface area contributed by atoms with Crippen LogP contribution in [0.3, 0.4) is 0 Å². The summed E-state index contributed by atoms with van der Waals surface area (Å²) >= 11 is 7.81. The molecule has 5 aromatic carbocycles. The maximum absolute atomic E-state index is 14.1. The molecule has 0 aromatic heterocycles. The van der Waals surface area contributed by atoms with E-state index in [1.807, 2.05) is 128 Å². The van der Waals surface area contributed by atoms with Crippen molar-refractivity contribution in [1.82, 2.24) is 15.5 Å². The van der Waals surface area contributed by atoms with E-state index in [9.17, 15) is 14.4 Å². The molecular weight excluding hydrogens is 814 g/mol. The highest BCUT2D eigenvalue weighted by Crippen LogP contribution is 2.43. The van der Waals surface area contributed by atoms with E-state index in [0.717, 1.165) is 27.8 Å². The third-order valence-corrected chi connectivity index (χ3v) is 13.4. The zero-order valence-corrected chi connectivity index (χ0v) is 35.0. The van der Waals surface area contributed by atoms with E-state index in [1.54, 1.807) is 0 Å². The number of ether oxygens (including phenoxy) is 1. The number of aliphatic imine (C=N–C) groups is 1. The number of halogens is 1. The lowest BCUT2D eigenvalue weighted by Crippen LogP contribution is -2.70. The SMILES string of the molecule is CCO/N=S1\C=C(CC(=O)NC2C(=O)N3C(C(=O)OC(c4ccccc4)c4ccccc4)=C(CCl)CSC23)NC1=NC(c1ccccc1)(c1ccccc1)c1ccccc1. The van der Waals surface area contributed by atoms with Gasteiger partial charge in [-0.15, -0.1) is 23.4 Å². The minimum Gasteiger partial charge on any atom is -0.448 e. The number of hydrogen-bond acceptors (Lipinski definition) is 8. The second kappa shape index (κ2) is 18.6. The van der Waals surface area contributed by atoms with Crippen molar-refractivity contribution in [1.29, 1.82) is 0 Å². The molecule has 10 nitrogen and oxygen atoms in total. The van der Waals surface area contributed by atoms with Gasteiger partial charge in [0.15, 0.2) is 11.3 Å². The van der Waals surface area contributed by atoms with Crippen LogP contribution in [0.1, 0.15) is 47.3 Å². The number of hydrogen-bond donors (Lipinski definition) is 2. The van der Waals surface area contributed by atoms with Gasteiger partial charge >= 0.3 is 5.97 Å². The Morgan fingerprint density at radius 3 is 1.87 bits per heavy atom. The summed E-state index contributed by atoms with van der Waals surface area (Å²) in [6.07, 6.45) is -0.782. The highest BCUT2D eigenvalue weighted by atomic mass is 35.5. The molecule has 3 heterocycles.